The molecule has 0 aliphatic carbocycles. The van der Waals surface area contributed by atoms with Gasteiger partial charge in [-0.1, -0.05) is 78.4 Å². The summed E-state index contributed by atoms with van der Waals surface area (Å²) in [5, 5.41) is 0. The molecule has 0 spiro atoms. The van der Waals surface area contributed by atoms with Crippen LogP contribution in [0.4, 0.5) is 5.69 Å². The molecule has 3 aromatic rings. The van der Waals surface area contributed by atoms with Crippen LogP contribution in [-0.4, -0.2) is 5.91 Å². The van der Waals surface area contributed by atoms with Gasteiger partial charge in [-0.3, -0.25) is 4.79 Å². The van der Waals surface area contributed by atoms with Crippen LogP contribution in [0.2, 0.25) is 0 Å². The first-order valence-electron chi connectivity index (χ1n) is 9.17. The van der Waals surface area contributed by atoms with Crippen LogP contribution in [-0.2, 0) is 17.8 Å². The maximum Gasteiger partial charge on any atom is 0.227 e. The number of amides is 1. The van der Waals surface area contributed by atoms with Gasteiger partial charge in [0, 0.05) is 12.1 Å². The third-order valence-corrected chi connectivity index (χ3v) is 4.53. The number of rotatable bonds is 7. The molecule has 0 aliphatic heterocycles. The molecular formula is C24H25NO. The van der Waals surface area contributed by atoms with E-state index in [4.69, 9.17) is 0 Å². The standard InChI is InChI=1S/C24H25NO/c1-20-15-17-21(18-16-20)11-8-14-24(26)25(23-12-6-3-7-13-23)19-22-9-4-2-5-10-22/h2-7,9-10,12-13,15-18H,8,11,14,19H2,1H3. The van der Waals surface area contributed by atoms with Crippen LogP contribution in [0.15, 0.2) is 84.9 Å². The van der Waals surface area contributed by atoms with Gasteiger partial charge in [-0.2, -0.15) is 0 Å². The number of nitrogens with zero attached hydrogens (tertiary/aromatic N) is 1. The Morgan fingerprint density at radius 1 is 0.769 bits per heavy atom. The van der Waals surface area contributed by atoms with Crippen molar-refractivity contribution in [2.45, 2.75) is 32.7 Å². The van der Waals surface area contributed by atoms with Gasteiger partial charge in [0.1, 0.15) is 0 Å². The fourth-order valence-corrected chi connectivity index (χ4v) is 3.03. The second kappa shape index (κ2) is 9.00. The molecule has 0 aromatic heterocycles. The summed E-state index contributed by atoms with van der Waals surface area (Å²) in [5.74, 6) is 0.173. The smallest absolute Gasteiger partial charge is 0.227 e. The summed E-state index contributed by atoms with van der Waals surface area (Å²) < 4.78 is 0. The van der Waals surface area contributed by atoms with Crippen molar-refractivity contribution in [1.82, 2.24) is 0 Å². The van der Waals surface area contributed by atoms with E-state index < -0.39 is 0 Å². The normalized spacial score (nSPS) is 10.5. The van der Waals surface area contributed by atoms with Crippen LogP contribution in [0.5, 0.6) is 0 Å². The Labute approximate surface area is 156 Å². The molecule has 0 bridgehead atoms. The zero-order valence-electron chi connectivity index (χ0n) is 15.3. The van der Waals surface area contributed by atoms with Gasteiger partial charge in [0.25, 0.3) is 0 Å². The van der Waals surface area contributed by atoms with Crippen LogP contribution in [0.1, 0.15) is 29.5 Å². The van der Waals surface area contributed by atoms with Crippen LogP contribution in [0.3, 0.4) is 0 Å². The molecule has 2 heteroatoms. The van der Waals surface area contributed by atoms with Crippen LogP contribution in [0.25, 0.3) is 0 Å². The maximum atomic E-state index is 12.9. The van der Waals surface area contributed by atoms with Crippen LogP contribution >= 0.6 is 0 Å². The van der Waals surface area contributed by atoms with Crippen molar-refractivity contribution < 1.29 is 4.79 Å². The van der Waals surface area contributed by atoms with Crippen molar-refractivity contribution in [2.75, 3.05) is 4.90 Å². The fourth-order valence-electron chi connectivity index (χ4n) is 3.03. The number of aryl methyl sites for hydroxylation is 2. The highest BCUT2D eigenvalue weighted by atomic mass is 16.2. The number of carbonyl (C=O) groups excluding carboxylic acids is 1. The number of para-hydroxylation sites is 1. The quantitative estimate of drug-likeness (QED) is 0.551. The van der Waals surface area contributed by atoms with E-state index in [-0.39, 0.29) is 5.91 Å². The number of benzene rings is 3. The van der Waals surface area contributed by atoms with E-state index in [1.165, 1.54) is 11.1 Å². The predicted octanol–water partition coefficient (Wildman–Crippen LogP) is 5.55. The van der Waals surface area contributed by atoms with Crippen LogP contribution in [0, 0.1) is 6.92 Å². The van der Waals surface area contributed by atoms with E-state index in [0.717, 1.165) is 24.1 Å². The lowest BCUT2D eigenvalue weighted by atomic mass is 10.1. The molecule has 3 rings (SSSR count). The number of hydrogen-bond donors (Lipinski definition) is 0. The molecule has 3 aromatic carbocycles. The molecule has 0 saturated carbocycles. The van der Waals surface area contributed by atoms with Gasteiger partial charge in [-0.15, -0.1) is 0 Å². The minimum absolute atomic E-state index is 0.173. The third-order valence-electron chi connectivity index (χ3n) is 4.53. The lowest BCUT2D eigenvalue weighted by molar-refractivity contribution is -0.118. The Morgan fingerprint density at radius 3 is 2.04 bits per heavy atom. The molecule has 132 valence electrons. The predicted molar refractivity (Wildman–Crippen MR) is 108 cm³/mol. The second-order valence-electron chi connectivity index (χ2n) is 6.64. The molecule has 0 heterocycles. The van der Waals surface area contributed by atoms with Crippen molar-refractivity contribution in [3.8, 4) is 0 Å². The summed E-state index contributed by atoms with van der Waals surface area (Å²) >= 11 is 0. The Balaban J connectivity index is 1.65. The highest BCUT2D eigenvalue weighted by Crippen LogP contribution is 2.19. The number of hydrogen-bond acceptors (Lipinski definition) is 1. The summed E-state index contributed by atoms with van der Waals surface area (Å²) in [4.78, 5) is 14.8. The minimum Gasteiger partial charge on any atom is -0.308 e. The molecule has 0 unspecified atom stereocenters. The lowest BCUT2D eigenvalue weighted by Gasteiger charge is -2.23. The Kier molecular flexibility index (Phi) is 6.21. The zero-order chi connectivity index (χ0) is 18.2. The SMILES string of the molecule is Cc1ccc(CCCC(=O)N(Cc2ccccc2)c2ccccc2)cc1. The van der Waals surface area contributed by atoms with E-state index in [1.807, 2.05) is 53.4 Å². The first-order valence-corrected chi connectivity index (χ1v) is 9.17. The largest absolute Gasteiger partial charge is 0.308 e. The minimum atomic E-state index is 0.173. The maximum absolute atomic E-state index is 12.9. The number of anilines is 1. The van der Waals surface area contributed by atoms with Gasteiger partial charge >= 0.3 is 0 Å². The van der Waals surface area contributed by atoms with E-state index in [1.54, 1.807) is 0 Å². The molecule has 0 N–H and O–H groups in total. The Hall–Kier alpha value is -2.87. The molecule has 26 heavy (non-hydrogen) atoms. The molecular weight excluding hydrogens is 318 g/mol. The van der Waals surface area contributed by atoms with E-state index >= 15 is 0 Å². The average Bonchev–Trinajstić information content (AvgIpc) is 2.69. The van der Waals surface area contributed by atoms with Crippen LogP contribution < -0.4 is 4.90 Å². The first kappa shape index (κ1) is 17.9. The van der Waals surface area contributed by atoms with E-state index in [9.17, 15) is 4.79 Å². The number of carbonyl (C=O) groups is 1. The van der Waals surface area contributed by atoms with Gasteiger partial charge < -0.3 is 4.90 Å². The van der Waals surface area contributed by atoms with Gasteiger partial charge in [0.05, 0.1) is 6.54 Å². The van der Waals surface area contributed by atoms with E-state index in [0.29, 0.717) is 13.0 Å². The lowest BCUT2D eigenvalue weighted by Crippen LogP contribution is -2.30. The average molecular weight is 343 g/mol. The van der Waals surface area contributed by atoms with Gasteiger partial charge in [0.2, 0.25) is 5.91 Å². The van der Waals surface area contributed by atoms with Crippen molar-refractivity contribution >= 4 is 11.6 Å². The molecule has 0 radical (unpaired) electrons. The summed E-state index contributed by atoms with van der Waals surface area (Å²) in [7, 11) is 0. The highest BCUT2D eigenvalue weighted by Gasteiger charge is 2.15. The van der Waals surface area contributed by atoms with E-state index in [2.05, 4.69) is 43.3 Å². The van der Waals surface area contributed by atoms with Crippen molar-refractivity contribution in [2.24, 2.45) is 0 Å². The fraction of sp³-hybridized carbons (Fsp3) is 0.208. The van der Waals surface area contributed by atoms with Gasteiger partial charge in [-0.25, -0.2) is 0 Å². The van der Waals surface area contributed by atoms with Crippen molar-refractivity contribution in [1.29, 1.82) is 0 Å². The molecule has 0 saturated heterocycles. The Morgan fingerprint density at radius 2 is 1.38 bits per heavy atom. The van der Waals surface area contributed by atoms with Gasteiger partial charge in [0.15, 0.2) is 0 Å². The molecule has 1 amide bonds. The summed E-state index contributed by atoms with van der Waals surface area (Å²) in [6.45, 7) is 2.70. The summed E-state index contributed by atoms with van der Waals surface area (Å²) in [5.41, 5.74) is 4.65. The monoisotopic (exact) mass is 343 g/mol. The molecule has 0 aliphatic rings. The highest BCUT2D eigenvalue weighted by molar-refractivity contribution is 5.93. The van der Waals surface area contributed by atoms with Crippen molar-refractivity contribution in [3.05, 3.63) is 102 Å². The Bertz CT molecular complexity index is 810. The second-order valence-corrected chi connectivity index (χ2v) is 6.64. The zero-order valence-corrected chi connectivity index (χ0v) is 15.3. The molecule has 2 nitrogen and oxygen atoms in total. The molecule has 0 atom stereocenters. The topological polar surface area (TPSA) is 20.3 Å². The van der Waals surface area contributed by atoms with Crippen molar-refractivity contribution in [3.63, 3.8) is 0 Å². The van der Waals surface area contributed by atoms with Gasteiger partial charge in [-0.05, 0) is 43.0 Å². The first-order chi connectivity index (χ1) is 12.7. The summed E-state index contributed by atoms with van der Waals surface area (Å²) in [6, 6.07) is 28.7. The summed E-state index contributed by atoms with van der Waals surface area (Å²) in [6.07, 6.45) is 2.34. The molecule has 0 fully saturated rings. The third kappa shape index (κ3) is 5.06.